The minimum Gasteiger partial charge on any atom is -0.0617 e. The van der Waals surface area contributed by atoms with Crippen LogP contribution < -0.4 is 0 Å². The summed E-state index contributed by atoms with van der Waals surface area (Å²) in [6.45, 7) is 46.1. The van der Waals surface area contributed by atoms with Crippen LogP contribution in [-0.4, -0.2) is 0 Å². The van der Waals surface area contributed by atoms with Gasteiger partial charge in [-0.05, 0) is 475 Å². The maximum Gasteiger partial charge on any atom is -0.00255 e. The molecular weight excluding hydrogens is 1350 g/mol. The number of rotatable bonds is 12. The van der Waals surface area contributed by atoms with Crippen LogP contribution in [0.1, 0.15) is 111 Å². The SMILES string of the molecule is Cc1cc(-c2c(C)cccc2C)c(-c2cc3cc(-c4c(-c5c(C)cccc5C)cc(C)cc4-c4c(C)cccc4C)cc4c5cc(-c6c(-c7c(C)cccc7C)cc(C)cc6-c6c(C)cccc6C)cc6cc(-c7c(-c8c(C)cccc8C)cc(C)cc7-c7c(C)cccc7C)cc(c(c2)c34)c65)c(-c2c(C)cccc2C)c1. The van der Waals surface area contributed by atoms with E-state index >= 15 is 0 Å². The molecule has 0 bridgehead atoms. The summed E-state index contributed by atoms with van der Waals surface area (Å²) in [5, 5.41) is 9.81. The predicted octanol–water partition coefficient (Wildman–Crippen LogP) is 31.9. The second-order valence-electron chi connectivity index (χ2n) is 33.4. The van der Waals surface area contributed by atoms with Crippen LogP contribution in [0.25, 0.3) is 177 Å². The first-order valence-electron chi connectivity index (χ1n) is 40.2. The fraction of sp³-hybridized carbons (Fsp3) is 0.179. The molecule has 17 aromatic rings. The normalized spacial score (nSPS) is 11.8. The number of benzene rings is 17. The monoisotopic (exact) mass is 1440 g/mol. The molecule has 0 aromatic heterocycles. The molecule has 0 heteroatoms. The van der Waals surface area contributed by atoms with Gasteiger partial charge in [-0.15, -0.1) is 0 Å². The molecule has 0 saturated heterocycles. The van der Waals surface area contributed by atoms with Gasteiger partial charge in [0.25, 0.3) is 0 Å². The van der Waals surface area contributed by atoms with Crippen molar-refractivity contribution in [3.05, 3.63) is 354 Å². The van der Waals surface area contributed by atoms with Crippen molar-refractivity contribution in [2.75, 3.05) is 0 Å². The van der Waals surface area contributed by atoms with Crippen LogP contribution in [0.3, 0.4) is 0 Å². The molecule has 17 aromatic carbocycles. The van der Waals surface area contributed by atoms with E-state index in [0.29, 0.717) is 0 Å². The first kappa shape index (κ1) is 72.9. The van der Waals surface area contributed by atoms with E-state index in [2.05, 4.69) is 381 Å². The average molecular weight is 1450 g/mol. The lowest BCUT2D eigenvalue weighted by molar-refractivity contribution is 1.34. The third kappa shape index (κ3) is 12.1. The van der Waals surface area contributed by atoms with Gasteiger partial charge < -0.3 is 0 Å². The van der Waals surface area contributed by atoms with Crippen molar-refractivity contribution in [3.63, 3.8) is 0 Å². The molecule has 0 fully saturated rings. The molecule has 0 spiro atoms. The molecule has 0 heterocycles. The summed E-state index contributed by atoms with van der Waals surface area (Å²) in [6, 6.07) is 95.7. The predicted molar refractivity (Wildman–Crippen MR) is 488 cm³/mol. The largest absolute Gasteiger partial charge is 0.0617 e. The maximum atomic E-state index is 2.64. The van der Waals surface area contributed by atoms with Gasteiger partial charge in [0.15, 0.2) is 0 Å². The molecule has 17 rings (SSSR count). The van der Waals surface area contributed by atoms with Crippen LogP contribution >= 0.6 is 0 Å². The van der Waals surface area contributed by atoms with Crippen molar-refractivity contribution < 1.29 is 0 Å². The van der Waals surface area contributed by atoms with Crippen molar-refractivity contribution in [2.45, 2.75) is 138 Å². The molecule has 0 unspecified atom stereocenters. The Hall–Kier alpha value is -12.0. The van der Waals surface area contributed by atoms with Gasteiger partial charge >= 0.3 is 0 Å². The fourth-order valence-corrected chi connectivity index (χ4v) is 20.3. The van der Waals surface area contributed by atoms with Crippen molar-refractivity contribution >= 4 is 43.1 Å². The van der Waals surface area contributed by atoms with Crippen LogP contribution in [0.15, 0.2) is 243 Å². The Kier molecular flexibility index (Phi) is 18.3. The van der Waals surface area contributed by atoms with Gasteiger partial charge in [0, 0.05) is 0 Å². The Morgan fingerprint density at radius 1 is 0.134 bits per heavy atom. The van der Waals surface area contributed by atoms with E-state index in [1.807, 2.05) is 0 Å². The molecule has 112 heavy (non-hydrogen) atoms. The van der Waals surface area contributed by atoms with Crippen LogP contribution in [0, 0.1) is 138 Å². The maximum absolute atomic E-state index is 2.64. The smallest absolute Gasteiger partial charge is 0.00255 e. The Bertz CT molecular complexity index is 5560. The zero-order chi connectivity index (χ0) is 78.3. The average Bonchev–Trinajstić information content (AvgIpc) is 0.693. The van der Waals surface area contributed by atoms with Crippen LogP contribution in [0.5, 0.6) is 0 Å². The van der Waals surface area contributed by atoms with E-state index in [1.54, 1.807) is 0 Å². The number of hydrogen-bond donors (Lipinski definition) is 0. The molecule has 0 aliphatic heterocycles. The number of aryl methyl sites for hydroxylation is 20. The standard InChI is InChI=1S/C112H100/c1-61-45-91(99-65(5)29-21-30-66(99)6)109(92(46-61)100-67(7)31-22-32-68(100)8)83-53-81-54-84(110-93(101-69(9)33-23-34-70(101)10)47-62(2)48-94(110)102-71(11)35-24-36-72(102)12)59-89-90-60-86(112-97(105-77(17)41-27-42-78(105)18)51-64(4)52-98(112)106-79(19)43-28-44-80(106)20)56-82-55-85(58-88(108(82)90)87(57-83)107(81)89)111-95(103-73(13)37-25-38-74(103)14)49-63(3)50-96(111)104-75(15)39-26-40-76(104)16/h21-60H,1-20H3. The summed E-state index contributed by atoms with van der Waals surface area (Å²) < 4.78 is 0. The van der Waals surface area contributed by atoms with Gasteiger partial charge in [-0.2, -0.15) is 0 Å². The van der Waals surface area contributed by atoms with Gasteiger partial charge in [0.05, 0.1) is 0 Å². The molecule has 0 N–H and O–H groups in total. The zero-order valence-corrected chi connectivity index (χ0v) is 69.1. The fourth-order valence-electron chi connectivity index (χ4n) is 20.3. The van der Waals surface area contributed by atoms with E-state index < -0.39 is 0 Å². The minimum atomic E-state index is 1.19. The van der Waals surface area contributed by atoms with Crippen LogP contribution in [-0.2, 0) is 0 Å². The summed E-state index contributed by atoms with van der Waals surface area (Å²) in [6.07, 6.45) is 0. The molecule has 548 valence electrons. The highest BCUT2D eigenvalue weighted by molar-refractivity contribution is 6.36. The van der Waals surface area contributed by atoms with Gasteiger partial charge in [0.2, 0.25) is 0 Å². The van der Waals surface area contributed by atoms with Crippen LogP contribution in [0.2, 0.25) is 0 Å². The van der Waals surface area contributed by atoms with Crippen molar-refractivity contribution in [3.8, 4) is 134 Å². The molecule has 0 aliphatic rings. The van der Waals surface area contributed by atoms with Crippen molar-refractivity contribution in [1.82, 2.24) is 0 Å². The van der Waals surface area contributed by atoms with E-state index in [4.69, 9.17) is 0 Å². The van der Waals surface area contributed by atoms with E-state index in [-0.39, 0.29) is 0 Å². The first-order chi connectivity index (χ1) is 53.8. The topological polar surface area (TPSA) is 0 Å². The lowest BCUT2D eigenvalue weighted by Crippen LogP contribution is -2.01. The zero-order valence-electron chi connectivity index (χ0n) is 69.1. The summed E-state index contributed by atoms with van der Waals surface area (Å²) >= 11 is 0. The summed E-state index contributed by atoms with van der Waals surface area (Å²) in [4.78, 5) is 0. The van der Waals surface area contributed by atoms with Crippen molar-refractivity contribution in [2.24, 2.45) is 0 Å². The van der Waals surface area contributed by atoms with Crippen molar-refractivity contribution in [1.29, 1.82) is 0 Å². The first-order valence-corrected chi connectivity index (χ1v) is 40.2. The number of fused-ring (bicyclic) bond motifs is 2. The Balaban J connectivity index is 1.16. The van der Waals surface area contributed by atoms with E-state index in [9.17, 15) is 0 Å². The Morgan fingerprint density at radius 3 is 0.384 bits per heavy atom. The molecule has 0 atom stereocenters. The van der Waals surface area contributed by atoms with Gasteiger partial charge in [-0.3, -0.25) is 0 Å². The van der Waals surface area contributed by atoms with Gasteiger partial charge in [0.1, 0.15) is 0 Å². The summed E-state index contributed by atoms with van der Waals surface area (Å²) in [5.41, 5.74) is 55.0. The second-order valence-corrected chi connectivity index (χ2v) is 33.4. The molecule has 0 radical (unpaired) electrons. The lowest BCUT2D eigenvalue weighted by Gasteiger charge is -2.26. The molecule has 0 amide bonds. The third-order valence-corrected chi connectivity index (χ3v) is 25.0. The van der Waals surface area contributed by atoms with Crippen LogP contribution in [0.4, 0.5) is 0 Å². The van der Waals surface area contributed by atoms with Gasteiger partial charge in [-0.25, -0.2) is 0 Å². The summed E-state index contributed by atoms with van der Waals surface area (Å²) in [7, 11) is 0. The molecule has 0 aliphatic carbocycles. The quantitative estimate of drug-likeness (QED) is 0.0845. The highest BCUT2D eigenvalue weighted by Gasteiger charge is 2.30. The summed E-state index contributed by atoms with van der Waals surface area (Å²) in [5.74, 6) is 0. The molecular formula is C112H100. The highest BCUT2D eigenvalue weighted by atomic mass is 14.3. The second kappa shape index (κ2) is 28.1. The number of hydrogen-bond acceptors (Lipinski definition) is 0. The molecule has 0 saturated carbocycles. The third-order valence-electron chi connectivity index (χ3n) is 25.0. The molecule has 0 nitrogen and oxygen atoms in total. The Labute approximate surface area is 664 Å². The van der Waals surface area contributed by atoms with E-state index in [0.717, 1.165) is 0 Å². The highest BCUT2D eigenvalue weighted by Crippen LogP contribution is 2.56. The van der Waals surface area contributed by atoms with E-state index in [1.165, 1.54) is 288 Å². The lowest BCUT2D eigenvalue weighted by atomic mass is 9.77. The van der Waals surface area contributed by atoms with Gasteiger partial charge in [-0.1, -0.05) is 194 Å². The minimum absolute atomic E-state index is 1.19. The Morgan fingerprint density at radius 2 is 0.259 bits per heavy atom.